The molecule has 1 aromatic heterocycles. The molecule has 88 valence electrons. The molecule has 0 aliphatic rings. The van der Waals surface area contributed by atoms with Crippen molar-refractivity contribution < 1.29 is 9.53 Å². The first-order valence-corrected chi connectivity index (χ1v) is 5.06. The molecule has 6 heteroatoms. The summed E-state index contributed by atoms with van der Waals surface area (Å²) in [5, 5.41) is 2.97. The van der Waals surface area contributed by atoms with Gasteiger partial charge in [0.1, 0.15) is 17.2 Å². The van der Waals surface area contributed by atoms with Crippen molar-refractivity contribution >= 4 is 17.6 Å². The molecule has 0 amide bonds. The van der Waals surface area contributed by atoms with Crippen molar-refractivity contribution in [1.29, 1.82) is 0 Å². The van der Waals surface area contributed by atoms with Crippen LogP contribution in [0.2, 0.25) is 0 Å². The summed E-state index contributed by atoms with van der Waals surface area (Å²) in [6.45, 7) is 3.15. The highest BCUT2D eigenvalue weighted by molar-refractivity contribution is 5.94. The van der Waals surface area contributed by atoms with Crippen LogP contribution in [0.1, 0.15) is 17.3 Å². The van der Waals surface area contributed by atoms with Gasteiger partial charge in [-0.25, -0.2) is 9.78 Å². The van der Waals surface area contributed by atoms with E-state index in [0.29, 0.717) is 25.5 Å². The van der Waals surface area contributed by atoms with E-state index in [1.165, 1.54) is 0 Å². The summed E-state index contributed by atoms with van der Waals surface area (Å²) in [5.41, 5.74) is 11.3. The smallest absolute Gasteiger partial charge is 0.341 e. The standard InChI is InChI=1S/C10H16N4O2/c1-2-16-10(15)7-3-4-8(13-6-5-11)14-9(7)12/h3-4H,2,5-6,11H2,1H3,(H3,12,13,14). The zero-order chi connectivity index (χ0) is 12.0. The fourth-order valence-corrected chi connectivity index (χ4v) is 1.16. The maximum absolute atomic E-state index is 11.4. The average Bonchev–Trinajstić information content (AvgIpc) is 2.26. The molecule has 0 radical (unpaired) electrons. The number of nitrogens with zero attached hydrogens (tertiary/aromatic N) is 1. The Hall–Kier alpha value is -1.82. The first-order valence-electron chi connectivity index (χ1n) is 5.06. The molecule has 0 aromatic carbocycles. The van der Waals surface area contributed by atoms with Crippen molar-refractivity contribution in [2.45, 2.75) is 6.92 Å². The van der Waals surface area contributed by atoms with Crippen LogP contribution in [0.5, 0.6) is 0 Å². The highest BCUT2D eigenvalue weighted by atomic mass is 16.5. The first-order chi connectivity index (χ1) is 7.69. The third-order valence-corrected chi connectivity index (χ3v) is 1.87. The third-order valence-electron chi connectivity index (χ3n) is 1.87. The van der Waals surface area contributed by atoms with Crippen LogP contribution in [0.4, 0.5) is 11.6 Å². The van der Waals surface area contributed by atoms with E-state index < -0.39 is 5.97 Å². The Kier molecular flexibility index (Phi) is 4.53. The Morgan fingerprint density at radius 1 is 1.56 bits per heavy atom. The van der Waals surface area contributed by atoms with Crippen LogP contribution in [0, 0.1) is 0 Å². The van der Waals surface area contributed by atoms with E-state index in [9.17, 15) is 4.79 Å². The van der Waals surface area contributed by atoms with Crippen molar-refractivity contribution in [3.8, 4) is 0 Å². The van der Waals surface area contributed by atoms with Crippen LogP contribution in [-0.2, 0) is 4.74 Å². The van der Waals surface area contributed by atoms with E-state index in [4.69, 9.17) is 16.2 Å². The van der Waals surface area contributed by atoms with Gasteiger partial charge in [0.15, 0.2) is 0 Å². The zero-order valence-corrected chi connectivity index (χ0v) is 9.19. The Labute approximate surface area is 94.0 Å². The summed E-state index contributed by atoms with van der Waals surface area (Å²) in [5.74, 6) is 0.286. The molecule has 0 unspecified atom stereocenters. The van der Waals surface area contributed by atoms with Crippen molar-refractivity contribution in [3.63, 3.8) is 0 Å². The monoisotopic (exact) mass is 224 g/mol. The van der Waals surface area contributed by atoms with E-state index in [-0.39, 0.29) is 11.4 Å². The van der Waals surface area contributed by atoms with E-state index >= 15 is 0 Å². The molecule has 1 heterocycles. The molecule has 6 nitrogen and oxygen atoms in total. The van der Waals surface area contributed by atoms with Gasteiger partial charge in [0, 0.05) is 13.1 Å². The number of hydrogen-bond acceptors (Lipinski definition) is 6. The molecule has 0 aliphatic carbocycles. The van der Waals surface area contributed by atoms with Gasteiger partial charge in [-0.2, -0.15) is 0 Å². The average molecular weight is 224 g/mol. The molecule has 1 rings (SSSR count). The normalized spacial score (nSPS) is 9.88. The summed E-state index contributed by atoms with van der Waals surface area (Å²) in [4.78, 5) is 15.4. The number of carbonyl (C=O) groups excluding carboxylic acids is 1. The summed E-state index contributed by atoms with van der Waals surface area (Å²) in [6.07, 6.45) is 0. The van der Waals surface area contributed by atoms with Gasteiger partial charge < -0.3 is 21.5 Å². The minimum absolute atomic E-state index is 0.153. The quantitative estimate of drug-likeness (QED) is 0.618. The number of nitrogen functional groups attached to an aromatic ring is 1. The number of anilines is 2. The largest absolute Gasteiger partial charge is 0.462 e. The Balaban J connectivity index is 2.78. The number of nitrogens with two attached hydrogens (primary N) is 2. The van der Waals surface area contributed by atoms with Crippen LogP contribution >= 0.6 is 0 Å². The maximum atomic E-state index is 11.4. The van der Waals surface area contributed by atoms with Gasteiger partial charge in [0.05, 0.1) is 6.61 Å². The Bertz CT molecular complexity index is 368. The summed E-state index contributed by atoms with van der Waals surface area (Å²) in [7, 11) is 0. The first kappa shape index (κ1) is 12.3. The van der Waals surface area contributed by atoms with Crippen molar-refractivity contribution in [2.75, 3.05) is 30.7 Å². The van der Waals surface area contributed by atoms with Crippen LogP contribution in [0.25, 0.3) is 0 Å². The SMILES string of the molecule is CCOC(=O)c1ccc(NCCN)nc1N. The van der Waals surface area contributed by atoms with Gasteiger partial charge in [0.25, 0.3) is 0 Å². The molecule has 0 aliphatic heterocycles. The molecule has 5 N–H and O–H groups in total. The van der Waals surface area contributed by atoms with Crippen molar-refractivity contribution in [3.05, 3.63) is 17.7 Å². The summed E-state index contributed by atoms with van der Waals surface area (Å²) in [6, 6.07) is 3.25. The maximum Gasteiger partial charge on any atom is 0.341 e. The van der Waals surface area contributed by atoms with Crippen molar-refractivity contribution in [2.24, 2.45) is 5.73 Å². The van der Waals surface area contributed by atoms with Gasteiger partial charge in [-0.3, -0.25) is 0 Å². The molecule has 0 bridgehead atoms. The number of rotatable bonds is 5. The second kappa shape index (κ2) is 5.92. The van der Waals surface area contributed by atoms with Gasteiger partial charge in [-0.1, -0.05) is 0 Å². The highest BCUT2D eigenvalue weighted by Crippen LogP contribution is 2.14. The molecule has 0 atom stereocenters. The van der Waals surface area contributed by atoms with Crippen LogP contribution < -0.4 is 16.8 Å². The van der Waals surface area contributed by atoms with Gasteiger partial charge in [0.2, 0.25) is 0 Å². The lowest BCUT2D eigenvalue weighted by molar-refractivity contribution is 0.0527. The topological polar surface area (TPSA) is 103 Å². The van der Waals surface area contributed by atoms with Crippen LogP contribution in [0.15, 0.2) is 12.1 Å². The fraction of sp³-hybridized carbons (Fsp3) is 0.400. The predicted octanol–water partition coefficient (Wildman–Crippen LogP) is 0.211. The van der Waals surface area contributed by atoms with Crippen LogP contribution in [-0.4, -0.2) is 30.6 Å². The number of esters is 1. The Morgan fingerprint density at radius 3 is 2.88 bits per heavy atom. The molecule has 16 heavy (non-hydrogen) atoms. The second-order valence-electron chi connectivity index (χ2n) is 3.07. The molecule has 1 aromatic rings. The number of aromatic nitrogens is 1. The van der Waals surface area contributed by atoms with Gasteiger partial charge >= 0.3 is 5.97 Å². The van der Waals surface area contributed by atoms with Crippen LogP contribution in [0.3, 0.4) is 0 Å². The number of carbonyl (C=O) groups is 1. The lowest BCUT2D eigenvalue weighted by Gasteiger charge is -2.07. The minimum atomic E-state index is -0.460. The van der Waals surface area contributed by atoms with E-state index in [1.54, 1.807) is 19.1 Å². The number of ether oxygens (including phenoxy) is 1. The highest BCUT2D eigenvalue weighted by Gasteiger charge is 2.11. The third kappa shape index (κ3) is 3.09. The zero-order valence-electron chi connectivity index (χ0n) is 9.19. The lowest BCUT2D eigenvalue weighted by Crippen LogP contribution is -2.15. The number of nitrogens with one attached hydrogen (secondary N) is 1. The number of pyridine rings is 1. The summed E-state index contributed by atoms with van der Waals surface area (Å²) < 4.78 is 4.83. The van der Waals surface area contributed by atoms with E-state index in [1.807, 2.05) is 0 Å². The Morgan fingerprint density at radius 2 is 2.31 bits per heavy atom. The molecular weight excluding hydrogens is 208 g/mol. The van der Waals surface area contributed by atoms with E-state index in [0.717, 1.165) is 0 Å². The lowest BCUT2D eigenvalue weighted by atomic mass is 10.2. The van der Waals surface area contributed by atoms with Gasteiger partial charge in [-0.05, 0) is 19.1 Å². The van der Waals surface area contributed by atoms with Crippen molar-refractivity contribution in [1.82, 2.24) is 4.98 Å². The summed E-state index contributed by atoms with van der Waals surface area (Å²) >= 11 is 0. The molecule has 0 saturated carbocycles. The number of hydrogen-bond donors (Lipinski definition) is 3. The molecule has 0 fully saturated rings. The van der Waals surface area contributed by atoms with Gasteiger partial charge in [-0.15, -0.1) is 0 Å². The minimum Gasteiger partial charge on any atom is -0.462 e. The molecule has 0 saturated heterocycles. The van der Waals surface area contributed by atoms with E-state index in [2.05, 4.69) is 10.3 Å². The molecule has 0 spiro atoms. The fourth-order valence-electron chi connectivity index (χ4n) is 1.16. The second-order valence-corrected chi connectivity index (χ2v) is 3.07. The molecular formula is C10H16N4O2. The predicted molar refractivity (Wildman–Crippen MR) is 62.2 cm³/mol.